The van der Waals surface area contributed by atoms with Gasteiger partial charge in [0.1, 0.15) is 0 Å². The summed E-state index contributed by atoms with van der Waals surface area (Å²) in [5.74, 6) is 0. The van der Waals surface area contributed by atoms with Crippen molar-refractivity contribution in [1.82, 2.24) is 20.3 Å². The van der Waals surface area contributed by atoms with Crippen LogP contribution in [0.4, 0.5) is 0 Å². The Labute approximate surface area is 65.0 Å². The Kier molecular flexibility index (Phi) is 5.69. The van der Waals surface area contributed by atoms with Gasteiger partial charge in [0, 0.05) is 14.1 Å². The molecule has 1 rings (SSSR count). The molecule has 0 unspecified atom stereocenters. The Morgan fingerprint density at radius 1 is 1.27 bits per heavy atom. The molecule has 1 heterocycles. The van der Waals surface area contributed by atoms with E-state index in [2.05, 4.69) is 15.4 Å². The standard InChI is InChI=1S/C3H3N3.C3H7NO/c1-2-4-6-5-3-1;1-4(2)3-5/h1-3H;3H,1-2H3. The lowest BCUT2D eigenvalue weighted by Gasteiger charge is -1.93. The van der Waals surface area contributed by atoms with Gasteiger partial charge in [-0.3, -0.25) is 4.79 Å². The highest BCUT2D eigenvalue weighted by Crippen LogP contribution is 1.61. The fourth-order valence-electron chi connectivity index (χ4n) is 0.205. The molecule has 0 aromatic carbocycles. The van der Waals surface area contributed by atoms with Crippen molar-refractivity contribution in [2.75, 3.05) is 14.1 Å². The Morgan fingerprint density at radius 2 is 1.73 bits per heavy atom. The summed E-state index contributed by atoms with van der Waals surface area (Å²) in [6.07, 6.45) is 3.90. The number of carbonyl (C=O) groups is 1. The highest BCUT2D eigenvalue weighted by Gasteiger charge is 1.68. The maximum absolute atomic E-state index is 9.43. The first-order valence-electron chi connectivity index (χ1n) is 2.97. The minimum absolute atomic E-state index is 0.750. The average molecular weight is 154 g/mol. The molecule has 1 amide bonds. The summed E-state index contributed by atoms with van der Waals surface area (Å²) >= 11 is 0. The van der Waals surface area contributed by atoms with E-state index in [0.29, 0.717) is 0 Å². The van der Waals surface area contributed by atoms with Gasteiger partial charge in [0.2, 0.25) is 6.41 Å². The number of aromatic nitrogens is 3. The van der Waals surface area contributed by atoms with Crippen LogP contribution in [0.15, 0.2) is 18.5 Å². The number of carbonyl (C=O) groups excluding carboxylic acids is 1. The van der Waals surface area contributed by atoms with Crippen LogP contribution in [0.1, 0.15) is 0 Å². The van der Waals surface area contributed by atoms with Crippen LogP contribution in [0, 0.1) is 0 Å². The molecule has 0 radical (unpaired) electrons. The van der Waals surface area contributed by atoms with Crippen LogP contribution in [0.2, 0.25) is 0 Å². The first kappa shape index (κ1) is 9.48. The first-order valence-corrected chi connectivity index (χ1v) is 2.97. The molecule has 0 saturated carbocycles. The molecule has 0 aliphatic rings. The maximum Gasteiger partial charge on any atom is 0.209 e. The first-order chi connectivity index (χ1) is 5.27. The fourth-order valence-corrected chi connectivity index (χ4v) is 0.205. The molecule has 0 saturated heterocycles. The third-order valence-corrected chi connectivity index (χ3v) is 0.620. The second-order valence-electron chi connectivity index (χ2n) is 1.88. The van der Waals surface area contributed by atoms with E-state index in [-0.39, 0.29) is 0 Å². The van der Waals surface area contributed by atoms with Gasteiger partial charge in [-0.2, -0.15) is 0 Å². The van der Waals surface area contributed by atoms with E-state index in [0.717, 1.165) is 6.41 Å². The lowest BCUT2D eigenvalue weighted by molar-refractivity contribution is -0.115. The third-order valence-electron chi connectivity index (χ3n) is 0.620. The van der Waals surface area contributed by atoms with Crippen molar-refractivity contribution in [1.29, 1.82) is 0 Å². The molecule has 1 aromatic heterocycles. The van der Waals surface area contributed by atoms with Crippen LogP contribution >= 0.6 is 0 Å². The van der Waals surface area contributed by atoms with Crippen molar-refractivity contribution in [3.63, 3.8) is 0 Å². The van der Waals surface area contributed by atoms with Crippen molar-refractivity contribution in [2.24, 2.45) is 0 Å². The Morgan fingerprint density at radius 3 is 1.82 bits per heavy atom. The smallest absolute Gasteiger partial charge is 0.209 e. The van der Waals surface area contributed by atoms with Crippen molar-refractivity contribution in [3.8, 4) is 0 Å². The van der Waals surface area contributed by atoms with E-state index in [1.165, 1.54) is 4.90 Å². The zero-order valence-electron chi connectivity index (χ0n) is 6.51. The minimum atomic E-state index is 0.750. The predicted molar refractivity (Wildman–Crippen MR) is 39.6 cm³/mol. The largest absolute Gasteiger partial charge is 0.351 e. The Hall–Kier alpha value is -1.52. The zero-order valence-corrected chi connectivity index (χ0v) is 6.51. The van der Waals surface area contributed by atoms with E-state index >= 15 is 0 Å². The second-order valence-corrected chi connectivity index (χ2v) is 1.88. The van der Waals surface area contributed by atoms with Crippen molar-refractivity contribution < 1.29 is 4.79 Å². The fraction of sp³-hybridized carbons (Fsp3) is 0.333. The zero-order chi connectivity index (χ0) is 8.53. The normalized spacial score (nSPS) is 7.45. The highest BCUT2D eigenvalue weighted by atomic mass is 16.1. The lowest BCUT2D eigenvalue weighted by atomic mass is 10.7. The van der Waals surface area contributed by atoms with Gasteiger partial charge in [-0.1, -0.05) is 0 Å². The van der Waals surface area contributed by atoms with Gasteiger partial charge in [-0.15, -0.1) is 10.2 Å². The van der Waals surface area contributed by atoms with Crippen molar-refractivity contribution >= 4 is 6.41 Å². The molecule has 5 nitrogen and oxygen atoms in total. The molecule has 0 atom stereocenters. The van der Waals surface area contributed by atoms with Gasteiger partial charge in [-0.05, 0) is 11.3 Å². The van der Waals surface area contributed by atoms with Crippen LogP contribution in [0.3, 0.4) is 0 Å². The minimum Gasteiger partial charge on any atom is -0.351 e. The Balaban J connectivity index is 0.000000187. The van der Waals surface area contributed by atoms with Crippen molar-refractivity contribution in [3.05, 3.63) is 18.5 Å². The molecule has 0 fully saturated rings. The number of amides is 1. The molecule has 1 aromatic rings. The molecule has 0 N–H and O–H groups in total. The van der Waals surface area contributed by atoms with Crippen LogP contribution in [0.5, 0.6) is 0 Å². The van der Waals surface area contributed by atoms with Gasteiger partial charge in [0.05, 0.1) is 12.4 Å². The Bertz CT molecular complexity index is 150. The number of nitrogens with zero attached hydrogens (tertiary/aromatic N) is 4. The van der Waals surface area contributed by atoms with E-state index in [1.54, 1.807) is 32.6 Å². The monoisotopic (exact) mass is 154 g/mol. The molecule has 0 bridgehead atoms. The van der Waals surface area contributed by atoms with E-state index in [9.17, 15) is 4.79 Å². The molecule has 0 aliphatic carbocycles. The third kappa shape index (κ3) is 8.48. The van der Waals surface area contributed by atoms with Gasteiger partial charge < -0.3 is 4.90 Å². The highest BCUT2D eigenvalue weighted by molar-refractivity contribution is 5.45. The molecular formula is C6H10N4O. The number of hydrogen-bond donors (Lipinski definition) is 0. The maximum atomic E-state index is 9.43. The van der Waals surface area contributed by atoms with Crippen LogP contribution in [-0.4, -0.2) is 40.8 Å². The summed E-state index contributed by atoms with van der Waals surface area (Å²) in [5, 5.41) is 10.1. The molecular weight excluding hydrogens is 144 g/mol. The van der Waals surface area contributed by atoms with Crippen molar-refractivity contribution in [2.45, 2.75) is 0 Å². The van der Waals surface area contributed by atoms with E-state index in [1.807, 2.05) is 0 Å². The quantitative estimate of drug-likeness (QED) is 0.515. The van der Waals surface area contributed by atoms with Gasteiger partial charge in [0.15, 0.2) is 0 Å². The lowest BCUT2D eigenvalue weighted by Crippen LogP contribution is -2.06. The predicted octanol–water partition coefficient (Wildman–Crippen LogP) is -0.424. The summed E-state index contributed by atoms with van der Waals surface area (Å²) < 4.78 is 0. The summed E-state index contributed by atoms with van der Waals surface area (Å²) in [7, 11) is 3.38. The molecule has 0 aliphatic heterocycles. The second kappa shape index (κ2) is 6.60. The molecule has 0 spiro atoms. The van der Waals surface area contributed by atoms with E-state index in [4.69, 9.17) is 0 Å². The van der Waals surface area contributed by atoms with Crippen LogP contribution < -0.4 is 0 Å². The summed E-state index contributed by atoms with van der Waals surface area (Å²) in [6.45, 7) is 0. The summed E-state index contributed by atoms with van der Waals surface area (Å²) in [4.78, 5) is 10.9. The molecule has 11 heavy (non-hydrogen) atoms. The molecule has 60 valence electrons. The van der Waals surface area contributed by atoms with Gasteiger partial charge in [0.25, 0.3) is 0 Å². The SMILES string of the molecule is CN(C)C=O.c1cnnnc1. The summed E-state index contributed by atoms with van der Waals surface area (Å²) in [5.41, 5.74) is 0. The summed E-state index contributed by atoms with van der Waals surface area (Å²) in [6, 6.07) is 1.72. The van der Waals surface area contributed by atoms with Gasteiger partial charge >= 0.3 is 0 Å². The van der Waals surface area contributed by atoms with E-state index < -0.39 is 0 Å². The number of hydrogen-bond acceptors (Lipinski definition) is 4. The topological polar surface area (TPSA) is 59.0 Å². The average Bonchev–Trinajstić information content (AvgIpc) is 2.09. The van der Waals surface area contributed by atoms with Crippen LogP contribution in [-0.2, 0) is 4.79 Å². The van der Waals surface area contributed by atoms with Crippen LogP contribution in [0.25, 0.3) is 0 Å². The number of rotatable bonds is 1. The molecule has 5 heteroatoms. The van der Waals surface area contributed by atoms with Gasteiger partial charge in [-0.25, -0.2) is 0 Å².